The molecule has 0 aromatic carbocycles. The van der Waals surface area contributed by atoms with Crippen LogP contribution in [0, 0.1) is 12.3 Å². The Morgan fingerprint density at radius 1 is 0.950 bits per heavy atom. The van der Waals surface area contributed by atoms with E-state index in [-0.39, 0.29) is 6.61 Å². The lowest BCUT2D eigenvalue weighted by Crippen LogP contribution is -2.02. The minimum Gasteiger partial charge on any atom is -0.456 e. The van der Waals surface area contributed by atoms with Gasteiger partial charge in [0.1, 0.15) is 0 Å². The summed E-state index contributed by atoms with van der Waals surface area (Å²) in [6.07, 6.45) is 12.5. The van der Waals surface area contributed by atoms with Gasteiger partial charge in [0.25, 0.3) is 0 Å². The SMILES string of the molecule is C#CC(=O)OCCCCCCCCCCOP(=O)(O)O. The second-order valence-electron chi connectivity index (χ2n) is 4.43. The Bertz CT molecular complexity index is 343. The molecule has 0 saturated carbocycles. The highest BCUT2D eigenvalue weighted by molar-refractivity contribution is 7.46. The zero-order valence-electron chi connectivity index (χ0n) is 11.6. The molecule has 116 valence electrons. The summed E-state index contributed by atoms with van der Waals surface area (Å²) in [5.41, 5.74) is 0. The molecule has 0 unspecified atom stereocenters. The summed E-state index contributed by atoms with van der Waals surface area (Å²) in [6.45, 7) is 0.480. The molecule has 0 amide bonds. The molecule has 20 heavy (non-hydrogen) atoms. The third kappa shape index (κ3) is 15.2. The first-order valence-corrected chi connectivity index (χ1v) is 8.32. The molecule has 6 nitrogen and oxygen atoms in total. The minimum atomic E-state index is -4.30. The fourth-order valence-corrected chi connectivity index (χ4v) is 2.02. The quantitative estimate of drug-likeness (QED) is 0.189. The largest absolute Gasteiger partial charge is 0.469 e. The van der Waals surface area contributed by atoms with E-state index in [2.05, 4.69) is 4.52 Å². The van der Waals surface area contributed by atoms with Crippen molar-refractivity contribution in [3.8, 4) is 12.3 Å². The average molecular weight is 306 g/mol. The number of rotatable bonds is 12. The van der Waals surface area contributed by atoms with Crippen LogP contribution in [0.1, 0.15) is 51.4 Å². The minimum absolute atomic E-state index is 0.102. The third-order valence-electron chi connectivity index (χ3n) is 2.65. The number of hydrogen-bond donors (Lipinski definition) is 2. The Hall–Kier alpha value is -0.860. The van der Waals surface area contributed by atoms with E-state index in [0.29, 0.717) is 13.0 Å². The first kappa shape index (κ1) is 19.1. The summed E-state index contributed by atoms with van der Waals surface area (Å²) in [7, 11) is -4.30. The lowest BCUT2D eigenvalue weighted by molar-refractivity contribution is -0.136. The Balaban J connectivity index is 3.12. The number of ether oxygens (including phenoxy) is 1. The van der Waals surface area contributed by atoms with Crippen molar-refractivity contribution in [3.63, 3.8) is 0 Å². The zero-order chi connectivity index (χ0) is 15.3. The molecule has 0 aliphatic carbocycles. The molecule has 0 atom stereocenters. The van der Waals surface area contributed by atoms with Gasteiger partial charge in [-0.05, 0) is 12.8 Å². The van der Waals surface area contributed by atoms with E-state index in [9.17, 15) is 9.36 Å². The summed E-state index contributed by atoms with van der Waals surface area (Å²) in [5, 5.41) is 0. The molecule has 0 aliphatic heterocycles. The molecule has 0 heterocycles. The van der Waals surface area contributed by atoms with E-state index in [1.165, 1.54) is 0 Å². The van der Waals surface area contributed by atoms with Gasteiger partial charge in [0.2, 0.25) is 0 Å². The number of phosphoric ester groups is 1. The van der Waals surface area contributed by atoms with Gasteiger partial charge in [-0.3, -0.25) is 4.52 Å². The molecule has 0 saturated heterocycles. The van der Waals surface area contributed by atoms with Crippen LogP contribution in [-0.2, 0) is 18.6 Å². The van der Waals surface area contributed by atoms with E-state index in [1.807, 2.05) is 5.92 Å². The maximum absolute atomic E-state index is 10.6. The standard InChI is InChI=1S/C13H23O6P/c1-2-13(14)18-11-9-7-5-3-4-6-8-10-12-19-20(15,16)17/h1H,3-12H2,(H2,15,16,17). The highest BCUT2D eigenvalue weighted by Crippen LogP contribution is 2.35. The monoisotopic (exact) mass is 306 g/mol. The van der Waals surface area contributed by atoms with Crippen LogP contribution in [0.3, 0.4) is 0 Å². The fraction of sp³-hybridized carbons (Fsp3) is 0.769. The first-order chi connectivity index (χ1) is 9.45. The summed E-state index contributed by atoms with van der Waals surface area (Å²) in [4.78, 5) is 27.5. The smallest absolute Gasteiger partial charge is 0.456 e. The average Bonchev–Trinajstić information content (AvgIpc) is 2.38. The highest BCUT2D eigenvalue weighted by Gasteiger charge is 2.12. The predicted molar refractivity (Wildman–Crippen MR) is 74.7 cm³/mol. The number of hydrogen-bond acceptors (Lipinski definition) is 4. The lowest BCUT2D eigenvalue weighted by atomic mass is 10.1. The van der Waals surface area contributed by atoms with Gasteiger partial charge < -0.3 is 14.5 Å². The number of esters is 1. The topological polar surface area (TPSA) is 93.1 Å². The van der Waals surface area contributed by atoms with Crippen LogP contribution in [0.15, 0.2) is 0 Å². The van der Waals surface area contributed by atoms with Gasteiger partial charge in [0, 0.05) is 5.92 Å². The van der Waals surface area contributed by atoms with Gasteiger partial charge in [-0.15, -0.1) is 6.42 Å². The Labute approximate surface area is 120 Å². The van der Waals surface area contributed by atoms with Crippen LogP contribution in [0.5, 0.6) is 0 Å². The first-order valence-electron chi connectivity index (χ1n) is 6.79. The second-order valence-corrected chi connectivity index (χ2v) is 5.67. The van der Waals surface area contributed by atoms with E-state index in [0.717, 1.165) is 44.9 Å². The van der Waals surface area contributed by atoms with Gasteiger partial charge in [0.05, 0.1) is 13.2 Å². The van der Waals surface area contributed by atoms with Crippen molar-refractivity contribution in [3.05, 3.63) is 0 Å². The zero-order valence-corrected chi connectivity index (χ0v) is 12.5. The highest BCUT2D eigenvalue weighted by atomic mass is 31.2. The van der Waals surface area contributed by atoms with Gasteiger partial charge in [-0.1, -0.05) is 38.5 Å². The number of carbonyl (C=O) groups is 1. The van der Waals surface area contributed by atoms with E-state index >= 15 is 0 Å². The summed E-state index contributed by atoms with van der Waals surface area (Å²) >= 11 is 0. The van der Waals surface area contributed by atoms with Crippen LogP contribution < -0.4 is 0 Å². The number of terminal acetylenes is 1. The van der Waals surface area contributed by atoms with Crippen LogP contribution in [0.2, 0.25) is 0 Å². The molecule has 0 spiro atoms. The Morgan fingerprint density at radius 3 is 1.85 bits per heavy atom. The van der Waals surface area contributed by atoms with Gasteiger partial charge >= 0.3 is 13.8 Å². The van der Waals surface area contributed by atoms with Crippen LogP contribution in [-0.4, -0.2) is 29.0 Å². The number of carbonyl (C=O) groups excluding carboxylic acids is 1. The second kappa shape index (κ2) is 11.9. The maximum atomic E-state index is 10.6. The van der Waals surface area contributed by atoms with E-state index in [4.69, 9.17) is 20.9 Å². The fourth-order valence-electron chi connectivity index (χ4n) is 1.65. The predicted octanol–water partition coefficient (Wildman–Crippen LogP) is 2.39. The van der Waals surface area contributed by atoms with Gasteiger partial charge in [-0.25, -0.2) is 9.36 Å². The molecule has 7 heteroatoms. The molecule has 2 N–H and O–H groups in total. The van der Waals surface area contributed by atoms with Gasteiger partial charge in [-0.2, -0.15) is 0 Å². The van der Waals surface area contributed by atoms with Crippen LogP contribution in [0.4, 0.5) is 0 Å². The van der Waals surface area contributed by atoms with Crippen molar-refractivity contribution in [1.29, 1.82) is 0 Å². The summed E-state index contributed by atoms with van der Waals surface area (Å²) in [6, 6.07) is 0. The Morgan fingerprint density at radius 2 is 1.40 bits per heavy atom. The van der Waals surface area contributed by atoms with Crippen molar-refractivity contribution in [2.45, 2.75) is 51.4 Å². The molecular weight excluding hydrogens is 283 g/mol. The van der Waals surface area contributed by atoms with Crippen LogP contribution >= 0.6 is 7.82 Å². The van der Waals surface area contributed by atoms with Crippen molar-refractivity contribution >= 4 is 13.8 Å². The molecule has 0 bridgehead atoms. The maximum Gasteiger partial charge on any atom is 0.469 e. The number of phosphoric acid groups is 1. The lowest BCUT2D eigenvalue weighted by Gasteiger charge is -2.05. The molecule has 0 rings (SSSR count). The van der Waals surface area contributed by atoms with Crippen molar-refractivity contribution < 1.29 is 28.4 Å². The van der Waals surface area contributed by atoms with Gasteiger partial charge in [0.15, 0.2) is 0 Å². The summed E-state index contributed by atoms with van der Waals surface area (Å²) < 4.78 is 19.5. The van der Waals surface area contributed by atoms with E-state index < -0.39 is 13.8 Å². The Kier molecular flexibility index (Phi) is 11.4. The van der Waals surface area contributed by atoms with Crippen LogP contribution in [0.25, 0.3) is 0 Å². The molecule has 0 radical (unpaired) electrons. The third-order valence-corrected chi connectivity index (χ3v) is 3.17. The normalized spacial score (nSPS) is 11.1. The summed E-state index contributed by atoms with van der Waals surface area (Å²) in [5.74, 6) is 1.28. The molecule has 0 fully saturated rings. The van der Waals surface area contributed by atoms with Crippen molar-refractivity contribution in [2.75, 3.05) is 13.2 Å². The molecule has 0 aromatic rings. The molecule has 0 aliphatic rings. The van der Waals surface area contributed by atoms with Crippen molar-refractivity contribution in [1.82, 2.24) is 0 Å². The van der Waals surface area contributed by atoms with E-state index in [1.54, 1.807) is 0 Å². The van der Waals surface area contributed by atoms with Crippen molar-refractivity contribution in [2.24, 2.45) is 0 Å². The number of unbranched alkanes of at least 4 members (excludes halogenated alkanes) is 7. The molecule has 0 aromatic heterocycles. The molecular formula is C13H23O6P.